The van der Waals surface area contributed by atoms with Gasteiger partial charge in [0.05, 0.1) is 0 Å². The SMILES string of the molecule is CC1CNC(C)(C)CN1C12CC3CC(CC(C3)C1)C2. The van der Waals surface area contributed by atoms with Gasteiger partial charge in [0.1, 0.15) is 0 Å². The summed E-state index contributed by atoms with van der Waals surface area (Å²) >= 11 is 0. The first-order chi connectivity index (χ1) is 8.96. The molecule has 19 heavy (non-hydrogen) atoms. The second-order valence-corrected chi connectivity index (χ2v) is 8.88. The van der Waals surface area contributed by atoms with Crippen molar-refractivity contribution in [3.63, 3.8) is 0 Å². The molecule has 1 heterocycles. The summed E-state index contributed by atoms with van der Waals surface area (Å²) in [6.07, 6.45) is 9.22. The van der Waals surface area contributed by atoms with Crippen molar-refractivity contribution in [1.82, 2.24) is 10.2 Å². The first-order valence-electron chi connectivity index (χ1n) is 8.48. The Kier molecular flexibility index (Phi) is 2.65. The smallest absolute Gasteiger partial charge is 0.0253 e. The molecule has 0 aromatic heterocycles. The molecule has 1 N–H and O–H groups in total. The molecule has 4 aliphatic carbocycles. The summed E-state index contributed by atoms with van der Waals surface area (Å²) < 4.78 is 0. The molecule has 0 aromatic rings. The highest BCUT2D eigenvalue weighted by Gasteiger charge is 2.55. The fourth-order valence-corrected chi connectivity index (χ4v) is 6.22. The summed E-state index contributed by atoms with van der Waals surface area (Å²) in [4.78, 5) is 2.94. The largest absolute Gasteiger partial charge is 0.309 e. The second-order valence-electron chi connectivity index (χ2n) is 8.88. The van der Waals surface area contributed by atoms with Gasteiger partial charge in [-0.25, -0.2) is 0 Å². The van der Waals surface area contributed by atoms with Gasteiger partial charge in [0.25, 0.3) is 0 Å². The molecule has 108 valence electrons. The highest BCUT2D eigenvalue weighted by atomic mass is 15.3. The minimum Gasteiger partial charge on any atom is -0.309 e. The van der Waals surface area contributed by atoms with Crippen LogP contribution >= 0.6 is 0 Å². The summed E-state index contributed by atoms with van der Waals surface area (Å²) in [6.45, 7) is 9.63. The van der Waals surface area contributed by atoms with Crippen molar-refractivity contribution in [1.29, 1.82) is 0 Å². The van der Waals surface area contributed by atoms with Crippen LogP contribution in [0.5, 0.6) is 0 Å². The minimum atomic E-state index is 0.301. The zero-order valence-corrected chi connectivity index (χ0v) is 12.9. The monoisotopic (exact) mass is 262 g/mol. The molecule has 1 saturated heterocycles. The normalized spacial score (nSPS) is 52.6. The first kappa shape index (κ1) is 12.6. The molecule has 5 rings (SSSR count). The van der Waals surface area contributed by atoms with Crippen LogP contribution in [-0.4, -0.2) is 35.1 Å². The number of nitrogens with one attached hydrogen (secondary N) is 1. The van der Waals surface area contributed by atoms with Crippen molar-refractivity contribution in [3.8, 4) is 0 Å². The number of rotatable bonds is 1. The molecule has 1 aliphatic heterocycles. The number of hydrogen-bond acceptors (Lipinski definition) is 2. The Balaban J connectivity index is 1.63. The Morgan fingerprint density at radius 3 is 2.00 bits per heavy atom. The standard InChI is InChI=1S/C17H30N2/c1-12-10-18-16(2,3)11-19(12)17-7-13-4-14(8-17)6-15(5-13)9-17/h12-15,18H,4-11H2,1-3H3. The molecule has 2 heteroatoms. The van der Waals surface area contributed by atoms with Crippen molar-refractivity contribution < 1.29 is 0 Å². The molecule has 5 fully saturated rings. The van der Waals surface area contributed by atoms with Crippen LogP contribution in [0.1, 0.15) is 59.3 Å². The molecule has 0 amide bonds. The van der Waals surface area contributed by atoms with Crippen LogP contribution in [0.4, 0.5) is 0 Å². The minimum absolute atomic E-state index is 0.301. The summed E-state index contributed by atoms with van der Waals surface area (Å²) in [5.41, 5.74) is 0.892. The van der Waals surface area contributed by atoms with Crippen LogP contribution in [0, 0.1) is 17.8 Å². The van der Waals surface area contributed by atoms with Gasteiger partial charge in [0.15, 0.2) is 0 Å². The summed E-state index contributed by atoms with van der Waals surface area (Å²) in [5, 5.41) is 3.73. The molecule has 2 nitrogen and oxygen atoms in total. The topological polar surface area (TPSA) is 15.3 Å². The van der Waals surface area contributed by atoms with Crippen LogP contribution in [0.2, 0.25) is 0 Å². The summed E-state index contributed by atoms with van der Waals surface area (Å²) in [5.74, 6) is 3.20. The third-order valence-corrected chi connectivity index (χ3v) is 6.59. The Hall–Kier alpha value is -0.0800. The van der Waals surface area contributed by atoms with E-state index < -0.39 is 0 Å². The van der Waals surface area contributed by atoms with Crippen LogP contribution in [0.15, 0.2) is 0 Å². The van der Waals surface area contributed by atoms with E-state index in [1.54, 1.807) is 19.3 Å². The lowest BCUT2D eigenvalue weighted by molar-refractivity contribution is -0.118. The van der Waals surface area contributed by atoms with E-state index in [1.807, 2.05) is 0 Å². The molecule has 5 aliphatic rings. The van der Waals surface area contributed by atoms with E-state index in [2.05, 4.69) is 31.0 Å². The zero-order chi connectivity index (χ0) is 13.3. The fraction of sp³-hybridized carbons (Fsp3) is 1.00. The van der Waals surface area contributed by atoms with Gasteiger partial charge in [-0.1, -0.05) is 0 Å². The van der Waals surface area contributed by atoms with E-state index in [1.165, 1.54) is 32.4 Å². The van der Waals surface area contributed by atoms with Gasteiger partial charge in [-0.2, -0.15) is 0 Å². The van der Waals surface area contributed by atoms with Crippen LogP contribution < -0.4 is 5.32 Å². The van der Waals surface area contributed by atoms with E-state index in [0.29, 0.717) is 11.1 Å². The Morgan fingerprint density at radius 1 is 0.947 bits per heavy atom. The quantitative estimate of drug-likeness (QED) is 0.781. The molecule has 0 radical (unpaired) electrons. The Bertz CT molecular complexity index is 338. The van der Waals surface area contributed by atoms with Crippen molar-refractivity contribution >= 4 is 0 Å². The molecular weight excluding hydrogens is 232 g/mol. The molecule has 1 atom stereocenters. The maximum atomic E-state index is 3.73. The highest BCUT2D eigenvalue weighted by molar-refractivity contribution is 5.10. The average molecular weight is 262 g/mol. The molecular formula is C17H30N2. The van der Waals surface area contributed by atoms with E-state index in [9.17, 15) is 0 Å². The average Bonchev–Trinajstić information content (AvgIpc) is 2.30. The highest BCUT2D eigenvalue weighted by Crippen LogP contribution is 2.58. The van der Waals surface area contributed by atoms with Gasteiger partial charge in [-0.05, 0) is 77.0 Å². The molecule has 0 spiro atoms. The third kappa shape index (κ3) is 1.98. The number of hydrogen-bond donors (Lipinski definition) is 1. The van der Waals surface area contributed by atoms with Crippen molar-refractivity contribution in [2.75, 3.05) is 13.1 Å². The van der Waals surface area contributed by atoms with E-state index in [0.717, 1.165) is 23.8 Å². The fourth-order valence-electron chi connectivity index (χ4n) is 6.22. The van der Waals surface area contributed by atoms with Crippen molar-refractivity contribution in [3.05, 3.63) is 0 Å². The molecule has 1 unspecified atom stereocenters. The van der Waals surface area contributed by atoms with Crippen molar-refractivity contribution in [2.45, 2.75) is 76.4 Å². The molecule has 0 aromatic carbocycles. The van der Waals surface area contributed by atoms with Gasteiger partial charge in [0.2, 0.25) is 0 Å². The van der Waals surface area contributed by atoms with E-state index in [4.69, 9.17) is 0 Å². The second kappa shape index (κ2) is 3.98. The lowest BCUT2D eigenvalue weighted by Crippen LogP contribution is -2.70. The number of nitrogens with zero attached hydrogens (tertiary/aromatic N) is 1. The lowest BCUT2D eigenvalue weighted by Gasteiger charge is -2.64. The number of piperazine rings is 1. The molecule has 4 bridgehead atoms. The van der Waals surface area contributed by atoms with E-state index >= 15 is 0 Å². The van der Waals surface area contributed by atoms with Gasteiger partial charge in [0, 0.05) is 30.2 Å². The maximum absolute atomic E-state index is 3.73. The zero-order valence-electron chi connectivity index (χ0n) is 12.9. The maximum Gasteiger partial charge on any atom is 0.0253 e. The van der Waals surface area contributed by atoms with Crippen LogP contribution in [0.3, 0.4) is 0 Å². The van der Waals surface area contributed by atoms with Gasteiger partial charge in [-0.3, -0.25) is 4.90 Å². The lowest BCUT2D eigenvalue weighted by atomic mass is 9.52. The van der Waals surface area contributed by atoms with Crippen LogP contribution in [-0.2, 0) is 0 Å². The Morgan fingerprint density at radius 2 is 1.47 bits per heavy atom. The van der Waals surface area contributed by atoms with Gasteiger partial charge < -0.3 is 5.32 Å². The van der Waals surface area contributed by atoms with Gasteiger partial charge in [-0.15, -0.1) is 0 Å². The third-order valence-electron chi connectivity index (χ3n) is 6.59. The van der Waals surface area contributed by atoms with Gasteiger partial charge >= 0.3 is 0 Å². The molecule has 4 saturated carbocycles. The Labute approximate surface area is 118 Å². The van der Waals surface area contributed by atoms with Crippen LogP contribution in [0.25, 0.3) is 0 Å². The predicted molar refractivity (Wildman–Crippen MR) is 79.2 cm³/mol. The summed E-state index contributed by atoms with van der Waals surface area (Å²) in [7, 11) is 0. The predicted octanol–water partition coefficient (Wildman–Crippen LogP) is 3.03. The van der Waals surface area contributed by atoms with Crippen molar-refractivity contribution in [2.24, 2.45) is 17.8 Å². The summed E-state index contributed by atoms with van der Waals surface area (Å²) in [6, 6.07) is 0.726. The first-order valence-corrected chi connectivity index (χ1v) is 8.48. The van der Waals surface area contributed by atoms with E-state index in [-0.39, 0.29) is 0 Å².